The van der Waals surface area contributed by atoms with Crippen LogP contribution >= 0.6 is 11.8 Å². The van der Waals surface area contributed by atoms with Crippen LogP contribution in [-0.4, -0.2) is 32.5 Å². The Morgan fingerprint density at radius 2 is 2.44 bits per heavy atom. The van der Waals surface area contributed by atoms with Gasteiger partial charge in [0.05, 0.1) is 7.11 Å². The fourth-order valence-corrected chi connectivity index (χ4v) is 2.91. The largest absolute Gasteiger partial charge is 0.497 e. The molecule has 1 aliphatic heterocycles. The van der Waals surface area contributed by atoms with Crippen molar-refractivity contribution in [2.45, 2.75) is 17.4 Å². The van der Waals surface area contributed by atoms with E-state index in [2.05, 4.69) is 22.8 Å². The Balaban J connectivity index is 2.04. The summed E-state index contributed by atoms with van der Waals surface area (Å²) in [7, 11) is 3.70. The van der Waals surface area contributed by atoms with E-state index in [1.807, 2.05) is 24.9 Å². The molecule has 0 saturated heterocycles. The van der Waals surface area contributed by atoms with Crippen molar-refractivity contribution in [2.75, 3.05) is 31.8 Å². The van der Waals surface area contributed by atoms with Crippen molar-refractivity contribution < 1.29 is 4.74 Å². The summed E-state index contributed by atoms with van der Waals surface area (Å²) in [4.78, 5) is 1.29. The molecule has 4 heteroatoms. The van der Waals surface area contributed by atoms with Crippen LogP contribution in [0.5, 0.6) is 5.75 Å². The predicted octanol–water partition coefficient (Wildman–Crippen LogP) is 2.19. The molecule has 0 fully saturated rings. The van der Waals surface area contributed by atoms with E-state index in [0.29, 0.717) is 6.04 Å². The first kappa shape index (κ1) is 11.6. The van der Waals surface area contributed by atoms with E-state index in [0.717, 1.165) is 24.5 Å². The lowest BCUT2D eigenvalue weighted by atomic mass is 10.2. The van der Waals surface area contributed by atoms with Crippen LogP contribution in [0.25, 0.3) is 0 Å². The molecule has 2 N–H and O–H groups in total. The minimum Gasteiger partial charge on any atom is -0.497 e. The van der Waals surface area contributed by atoms with E-state index in [1.165, 1.54) is 10.6 Å². The summed E-state index contributed by atoms with van der Waals surface area (Å²) < 4.78 is 5.22. The standard InChI is InChI=1S/C12H18N2OS/c1-13-6-5-9-8-16-12-7-10(15-2)3-4-11(12)14-9/h3-4,7,9,13-14H,5-6,8H2,1-2H3. The molecule has 2 rings (SSSR count). The lowest BCUT2D eigenvalue weighted by molar-refractivity contribution is 0.413. The number of ether oxygens (including phenoxy) is 1. The van der Waals surface area contributed by atoms with Crippen LogP contribution in [-0.2, 0) is 0 Å². The van der Waals surface area contributed by atoms with Crippen LogP contribution in [0.1, 0.15) is 6.42 Å². The molecule has 0 radical (unpaired) electrons. The molecule has 0 aromatic heterocycles. The fourth-order valence-electron chi connectivity index (χ4n) is 1.79. The molecule has 0 bridgehead atoms. The average molecular weight is 238 g/mol. The molecule has 1 aromatic rings. The van der Waals surface area contributed by atoms with Crippen molar-refractivity contribution in [1.29, 1.82) is 0 Å². The minimum atomic E-state index is 0.568. The number of benzene rings is 1. The number of hydrogen-bond acceptors (Lipinski definition) is 4. The van der Waals surface area contributed by atoms with Gasteiger partial charge < -0.3 is 15.4 Å². The maximum absolute atomic E-state index is 5.22. The van der Waals surface area contributed by atoms with Gasteiger partial charge >= 0.3 is 0 Å². The summed E-state index contributed by atoms with van der Waals surface area (Å²) in [5, 5.41) is 6.75. The van der Waals surface area contributed by atoms with Gasteiger partial charge in [0.2, 0.25) is 0 Å². The van der Waals surface area contributed by atoms with Crippen molar-refractivity contribution in [2.24, 2.45) is 0 Å². The van der Waals surface area contributed by atoms with Crippen molar-refractivity contribution >= 4 is 17.4 Å². The molecular formula is C12H18N2OS. The second kappa shape index (κ2) is 5.46. The number of rotatable bonds is 4. The zero-order valence-corrected chi connectivity index (χ0v) is 10.6. The first-order valence-corrected chi connectivity index (χ1v) is 6.54. The minimum absolute atomic E-state index is 0.568. The van der Waals surface area contributed by atoms with Crippen molar-refractivity contribution in [3.8, 4) is 5.75 Å². The maximum Gasteiger partial charge on any atom is 0.120 e. The van der Waals surface area contributed by atoms with Crippen molar-refractivity contribution in [1.82, 2.24) is 5.32 Å². The van der Waals surface area contributed by atoms with Gasteiger partial charge in [0, 0.05) is 22.4 Å². The molecule has 0 amide bonds. The summed E-state index contributed by atoms with van der Waals surface area (Å²) in [5.41, 5.74) is 1.23. The van der Waals surface area contributed by atoms with Crippen LogP contribution in [0.3, 0.4) is 0 Å². The van der Waals surface area contributed by atoms with Crippen LogP contribution in [0, 0.1) is 0 Å². The Kier molecular flexibility index (Phi) is 3.96. The molecule has 1 unspecified atom stereocenters. The molecule has 16 heavy (non-hydrogen) atoms. The number of thioether (sulfide) groups is 1. The van der Waals surface area contributed by atoms with E-state index >= 15 is 0 Å². The van der Waals surface area contributed by atoms with Gasteiger partial charge in [-0.15, -0.1) is 11.8 Å². The monoisotopic (exact) mass is 238 g/mol. The van der Waals surface area contributed by atoms with E-state index in [-0.39, 0.29) is 0 Å². The smallest absolute Gasteiger partial charge is 0.120 e. The molecule has 1 aliphatic rings. The SMILES string of the molecule is CNCCC1CSc2cc(OC)ccc2N1. The third-order valence-corrected chi connectivity index (χ3v) is 3.95. The molecule has 0 aliphatic carbocycles. The summed E-state index contributed by atoms with van der Waals surface area (Å²) in [6.07, 6.45) is 1.16. The average Bonchev–Trinajstić information content (AvgIpc) is 2.35. The highest BCUT2D eigenvalue weighted by Crippen LogP contribution is 2.36. The van der Waals surface area contributed by atoms with Gasteiger partial charge in [-0.25, -0.2) is 0 Å². The van der Waals surface area contributed by atoms with Gasteiger partial charge in [-0.3, -0.25) is 0 Å². The second-order valence-corrected chi connectivity index (χ2v) is 4.97. The molecule has 0 saturated carbocycles. The van der Waals surface area contributed by atoms with E-state index in [4.69, 9.17) is 4.74 Å². The summed E-state index contributed by atoms with van der Waals surface area (Å²) in [6.45, 7) is 1.06. The quantitative estimate of drug-likeness (QED) is 0.842. The zero-order chi connectivity index (χ0) is 11.4. The molecule has 1 heterocycles. The molecule has 3 nitrogen and oxygen atoms in total. The van der Waals surface area contributed by atoms with E-state index < -0.39 is 0 Å². The van der Waals surface area contributed by atoms with Crippen LogP contribution in [0.4, 0.5) is 5.69 Å². The Labute approximate surface area is 101 Å². The summed E-state index contributed by atoms with van der Waals surface area (Å²) in [5.74, 6) is 2.06. The number of fused-ring (bicyclic) bond motifs is 1. The lowest BCUT2D eigenvalue weighted by Crippen LogP contribution is -2.29. The summed E-state index contributed by atoms with van der Waals surface area (Å²) >= 11 is 1.91. The topological polar surface area (TPSA) is 33.3 Å². The second-order valence-electron chi connectivity index (χ2n) is 3.91. The third-order valence-electron chi connectivity index (χ3n) is 2.73. The van der Waals surface area contributed by atoms with Crippen LogP contribution in [0.2, 0.25) is 0 Å². The van der Waals surface area contributed by atoms with Gasteiger partial charge in [-0.05, 0) is 38.2 Å². The number of anilines is 1. The van der Waals surface area contributed by atoms with Gasteiger partial charge in [-0.1, -0.05) is 0 Å². The van der Waals surface area contributed by atoms with Crippen molar-refractivity contribution in [3.63, 3.8) is 0 Å². The highest BCUT2D eigenvalue weighted by atomic mass is 32.2. The lowest BCUT2D eigenvalue weighted by Gasteiger charge is -2.26. The first-order chi connectivity index (χ1) is 7.83. The summed E-state index contributed by atoms with van der Waals surface area (Å²) in [6, 6.07) is 6.78. The Morgan fingerprint density at radius 1 is 1.56 bits per heavy atom. The highest BCUT2D eigenvalue weighted by molar-refractivity contribution is 7.99. The third kappa shape index (κ3) is 2.62. The van der Waals surface area contributed by atoms with Gasteiger partial charge in [0.1, 0.15) is 5.75 Å². The Hall–Kier alpha value is -0.870. The number of nitrogens with one attached hydrogen (secondary N) is 2. The predicted molar refractivity (Wildman–Crippen MR) is 69.7 cm³/mol. The van der Waals surface area contributed by atoms with Gasteiger partial charge in [0.15, 0.2) is 0 Å². The molecule has 0 spiro atoms. The first-order valence-electron chi connectivity index (χ1n) is 5.55. The zero-order valence-electron chi connectivity index (χ0n) is 9.75. The van der Waals surface area contributed by atoms with Crippen molar-refractivity contribution in [3.05, 3.63) is 18.2 Å². The molecule has 1 atom stereocenters. The molecule has 1 aromatic carbocycles. The van der Waals surface area contributed by atoms with E-state index in [1.54, 1.807) is 7.11 Å². The van der Waals surface area contributed by atoms with Crippen LogP contribution in [0.15, 0.2) is 23.1 Å². The fraction of sp³-hybridized carbons (Fsp3) is 0.500. The van der Waals surface area contributed by atoms with Gasteiger partial charge in [0.25, 0.3) is 0 Å². The molecule has 88 valence electrons. The maximum atomic E-state index is 5.22. The highest BCUT2D eigenvalue weighted by Gasteiger charge is 2.17. The normalized spacial score (nSPS) is 18.8. The van der Waals surface area contributed by atoms with E-state index in [9.17, 15) is 0 Å². The number of hydrogen-bond donors (Lipinski definition) is 2. The molecular weight excluding hydrogens is 220 g/mol. The number of methoxy groups -OCH3 is 1. The Morgan fingerprint density at radius 3 is 3.19 bits per heavy atom. The van der Waals surface area contributed by atoms with Gasteiger partial charge in [-0.2, -0.15) is 0 Å². The van der Waals surface area contributed by atoms with Crippen LogP contribution < -0.4 is 15.4 Å². The Bertz CT molecular complexity index is 357.